The van der Waals surface area contributed by atoms with Crippen LogP contribution in [0, 0.1) is 5.82 Å². The van der Waals surface area contributed by atoms with E-state index in [0.29, 0.717) is 4.90 Å². The predicted octanol–water partition coefficient (Wildman–Crippen LogP) is 2.54. The first-order valence-electron chi connectivity index (χ1n) is 5.66. The molecule has 0 aliphatic rings. The highest BCUT2D eigenvalue weighted by Crippen LogP contribution is 2.18. The summed E-state index contributed by atoms with van der Waals surface area (Å²) in [6.07, 6.45) is 0. The van der Waals surface area contributed by atoms with Crippen LogP contribution in [0.2, 0.25) is 0 Å². The van der Waals surface area contributed by atoms with Crippen molar-refractivity contribution in [2.75, 3.05) is 0 Å². The van der Waals surface area contributed by atoms with Gasteiger partial charge in [0.05, 0.1) is 22.1 Å². The third-order valence-electron chi connectivity index (χ3n) is 2.69. The lowest BCUT2D eigenvalue weighted by molar-refractivity contribution is 0.0696. The number of hydrogen-bond donors (Lipinski definition) is 2. The van der Waals surface area contributed by atoms with Crippen molar-refractivity contribution in [3.8, 4) is 5.75 Å². The van der Waals surface area contributed by atoms with E-state index in [9.17, 15) is 13.4 Å². The molecule has 2 aromatic carbocycles. The van der Waals surface area contributed by atoms with Gasteiger partial charge in [-0.05, 0) is 36.4 Å². The van der Waals surface area contributed by atoms with Gasteiger partial charge < -0.3 is 10.2 Å². The molecule has 1 atom stereocenters. The molecule has 20 heavy (non-hydrogen) atoms. The highest BCUT2D eigenvalue weighted by molar-refractivity contribution is 7.84. The summed E-state index contributed by atoms with van der Waals surface area (Å²) in [4.78, 5) is 11.2. The zero-order valence-electron chi connectivity index (χ0n) is 10.2. The minimum Gasteiger partial charge on any atom is -0.508 e. The molecule has 0 amide bonds. The van der Waals surface area contributed by atoms with Gasteiger partial charge in [-0.2, -0.15) is 0 Å². The molecule has 0 spiro atoms. The van der Waals surface area contributed by atoms with E-state index in [-0.39, 0.29) is 22.6 Å². The normalized spacial score (nSPS) is 12.1. The average molecular weight is 294 g/mol. The standard InChI is InChI=1S/C14H11FO4S/c15-13-7-9(14(17)18)1-2-10(13)8-20(19)12-5-3-11(16)4-6-12/h1-7,16H,8H2,(H,17,18). The van der Waals surface area contributed by atoms with E-state index in [1.54, 1.807) is 0 Å². The van der Waals surface area contributed by atoms with Crippen LogP contribution in [0.1, 0.15) is 15.9 Å². The fraction of sp³-hybridized carbons (Fsp3) is 0.0714. The Hall–Kier alpha value is -2.21. The summed E-state index contributed by atoms with van der Waals surface area (Å²) in [5.74, 6) is -1.91. The molecule has 0 radical (unpaired) electrons. The highest BCUT2D eigenvalue weighted by atomic mass is 32.2. The molecular formula is C14H11FO4S. The Morgan fingerprint density at radius 3 is 2.35 bits per heavy atom. The second-order valence-electron chi connectivity index (χ2n) is 4.10. The number of phenolic OH excluding ortho intramolecular Hbond substituents is 1. The largest absolute Gasteiger partial charge is 0.508 e. The monoisotopic (exact) mass is 294 g/mol. The van der Waals surface area contributed by atoms with Gasteiger partial charge in [0, 0.05) is 10.5 Å². The molecule has 104 valence electrons. The van der Waals surface area contributed by atoms with Gasteiger partial charge in [-0.15, -0.1) is 0 Å². The van der Waals surface area contributed by atoms with Gasteiger partial charge in [-0.3, -0.25) is 4.21 Å². The van der Waals surface area contributed by atoms with Crippen molar-refractivity contribution < 1.29 is 23.6 Å². The van der Waals surface area contributed by atoms with Gasteiger partial charge in [0.2, 0.25) is 0 Å². The molecule has 6 heteroatoms. The number of phenols is 1. The van der Waals surface area contributed by atoms with Crippen LogP contribution in [0.15, 0.2) is 47.4 Å². The maximum Gasteiger partial charge on any atom is 0.335 e. The molecule has 1 unspecified atom stereocenters. The van der Waals surface area contributed by atoms with Crippen LogP contribution in [-0.2, 0) is 16.6 Å². The van der Waals surface area contributed by atoms with Gasteiger partial charge in [0.25, 0.3) is 0 Å². The van der Waals surface area contributed by atoms with Crippen molar-refractivity contribution in [1.29, 1.82) is 0 Å². The van der Waals surface area contributed by atoms with Crippen LogP contribution in [-0.4, -0.2) is 20.4 Å². The van der Waals surface area contributed by atoms with Crippen LogP contribution in [0.25, 0.3) is 0 Å². The molecular weight excluding hydrogens is 283 g/mol. The van der Waals surface area contributed by atoms with E-state index >= 15 is 0 Å². The second-order valence-corrected chi connectivity index (χ2v) is 5.55. The number of halogens is 1. The topological polar surface area (TPSA) is 74.6 Å². The van der Waals surface area contributed by atoms with Crippen molar-refractivity contribution in [3.63, 3.8) is 0 Å². The van der Waals surface area contributed by atoms with Crippen LogP contribution >= 0.6 is 0 Å². The summed E-state index contributed by atoms with van der Waals surface area (Å²) < 4.78 is 25.8. The molecule has 2 rings (SSSR count). The number of aromatic hydroxyl groups is 1. The average Bonchev–Trinajstić information content (AvgIpc) is 2.41. The molecule has 2 aromatic rings. The van der Waals surface area contributed by atoms with Gasteiger partial charge in [0.15, 0.2) is 0 Å². The van der Waals surface area contributed by atoms with E-state index in [1.807, 2.05) is 0 Å². The smallest absolute Gasteiger partial charge is 0.335 e. The van der Waals surface area contributed by atoms with E-state index in [2.05, 4.69) is 0 Å². The van der Waals surface area contributed by atoms with Crippen LogP contribution in [0.4, 0.5) is 4.39 Å². The number of aromatic carboxylic acids is 1. The molecule has 0 bridgehead atoms. The predicted molar refractivity (Wildman–Crippen MR) is 71.6 cm³/mol. The molecule has 4 nitrogen and oxygen atoms in total. The summed E-state index contributed by atoms with van der Waals surface area (Å²) in [7, 11) is -1.47. The number of carboxylic acids is 1. The van der Waals surface area contributed by atoms with Gasteiger partial charge in [-0.1, -0.05) is 6.07 Å². The van der Waals surface area contributed by atoms with Crippen molar-refractivity contribution in [2.24, 2.45) is 0 Å². The summed E-state index contributed by atoms with van der Waals surface area (Å²) >= 11 is 0. The third kappa shape index (κ3) is 3.21. The van der Waals surface area contributed by atoms with Crippen molar-refractivity contribution in [3.05, 3.63) is 59.4 Å². The SMILES string of the molecule is O=C(O)c1ccc(CS(=O)c2ccc(O)cc2)c(F)c1. The number of rotatable bonds is 4. The Balaban J connectivity index is 2.19. The second kappa shape index (κ2) is 5.83. The number of carbonyl (C=O) groups is 1. The summed E-state index contributed by atoms with van der Waals surface area (Å²) in [6.45, 7) is 0. The first kappa shape index (κ1) is 14.2. The van der Waals surface area contributed by atoms with Gasteiger partial charge in [-0.25, -0.2) is 9.18 Å². The minimum atomic E-state index is -1.47. The Bertz CT molecular complexity index is 667. The maximum absolute atomic E-state index is 13.7. The summed E-state index contributed by atoms with van der Waals surface area (Å²) in [5, 5.41) is 17.9. The fourth-order valence-corrected chi connectivity index (χ4v) is 2.74. The number of hydrogen-bond acceptors (Lipinski definition) is 3. The Morgan fingerprint density at radius 2 is 1.80 bits per heavy atom. The summed E-state index contributed by atoms with van der Waals surface area (Å²) in [6, 6.07) is 9.29. The van der Waals surface area contributed by atoms with Crippen molar-refractivity contribution in [2.45, 2.75) is 10.6 Å². The van der Waals surface area contributed by atoms with Crippen LogP contribution in [0.3, 0.4) is 0 Å². The third-order valence-corrected chi connectivity index (χ3v) is 4.06. The quantitative estimate of drug-likeness (QED) is 0.908. The van der Waals surface area contributed by atoms with Gasteiger partial charge in [0.1, 0.15) is 11.6 Å². The Labute approximate surface area is 117 Å². The van der Waals surface area contributed by atoms with E-state index in [1.165, 1.54) is 36.4 Å². The lowest BCUT2D eigenvalue weighted by Gasteiger charge is -2.05. The van der Waals surface area contributed by atoms with Crippen molar-refractivity contribution in [1.82, 2.24) is 0 Å². The maximum atomic E-state index is 13.7. The van der Waals surface area contributed by atoms with E-state index in [0.717, 1.165) is 6.07 Å². The number of benzene rings is 2. The molecule has 2 N–H and O–H groups in total. The molecule has 0 aliphatic carbocycles. The molecule has 0 heterocycles. The molecule has 0 saturated heterocycles. The lowest BCUT2D eigenvalue weighted by atomic mass is 10.1. The zero-order chi connectivity index (χ0) is 14.7. The fourth-order valence-electron chi connectivity index (χ4n) is 1.62. The minimum absolute atomic E-state index is 0.0581. The zero-order valence-corrected chi connectivity index (χ0v) is 11.1. The Kier molecular flexibility index (Phi) is 4.14. The van der Waals surface area contributed by atoms with E-state index < -0.39 is 22.6 Å². The highest BCUT2D eigenvalue weighted by Gasteiger charge is 2.12. The number of carboxylic acid groups (broad SMARTS) is 1. The lowest BCUT2D eigenvalue weighted by Crippen LogP contribution is -2.02. The van der Waals surface area contributed by atoms with E-state index in [4.69, 9.17) is 10.2 Å². The molecule has 0 saturated carbocycles. The Morgan fingerprint density at radius 1 is 1.15 bits per heavy atom. The van der Waals surface area contributed by atoms with Crippen LogP contribution < -0.4 is 0 Å². The molecule has 0 fully saturated rings. The van der Waals surface area contributed by atoms with Gasteiger partial charge >= 0.3 is 5.97 Å². The molecule has 0 aliphatic heterocycles. The van der Waals surface area contributed by atoms with Crippen molar-refractivity contribution >= 4 is 16.8 Å². The van der Waals surface area contributed by atoms with Crippen LogP contribution in [0.5, 0.6) is 5.75 Å². The first-order valence-corrected chi connectivity index (χ1v) is 6.98. The summed E-state index contributed by atoms with van der Waals surface area (Å²) in [5.41, 5.74) is 0.0306. The molecule has 0 aromatic heterocycles. The first-order chi connectivity index (χ1) is 9.47.